The van der Waals surface area contributed by atoms with Crippen LogP contribution >= 0.6 is 11.3 Å². The molecule has 1 aliphatic heterocycles. The Morgan fingerprint density at radius 3 is 3.25 bits per heavy atom. The van der Waals surface area contributed by atoms with Crippen LogP contribution in [0, 0.1) is 0 Å². The first-order valence-corrected chi connectivity index (χ1v) is 4.85. The van der Waals surface area contributed by atoms with E-state index in [2.05, 4.69) is 10.3 Å². The van der Waals surface area contributed by atoms with Crippen LogP contribution in [-0.4, -0.2) is 17.2 Å². The first kappa shape index (κ1) is 7.61. The van der Waals surface area contributed by atoms with E-state index < -0.39 is 0 Å². The zero-order valence-electron chi connectivity index (χ0n) is 6.74. The minimum absolute atomic E-state index is 0.0344. The molecular weight excluding hydrogens is 172 g/mol. The summed E-state index contributed by atoms with van der Waals surface area (Å²) in [6, 6.07) is 0. The average molecular weight is 182 g/mol. The molecule has 1 aromatic heterocycles. The minimum Gasteiger partial charge on any atom is -0.493 e. The molecule has 1 unspecified atom stereocenters. The highest BCUT2D eigenvalue weighted by atomic mass is 32.1. The summed E-state index contributed by atoms with van der Waals surface area (Å²) in [5.74, 6) is 0.164. The zero-order valence-corrected chi connectivity index (χ0v) is 7.56. The fourth-order valence-corrected chi connectivity index (χ4v) is 1.97. The molecule has 0 amide bonds. The molecule has 0 radical (unpaired) electrons. The van der Waals surface area contributed by atoms with Crippen molar-refractivity contribution in [1.82, 2.24) is 0 Å². The predicted molar refractivity (Wildman–Crippen MR) is 51.2 cm³/mol. The zero-order chi connectivity index (χ0) is 8.55. The van der Waals surface area contributed by atoms with Gasteiger partial charge in [-0.05, 0) is 6.42 Å². The molecule has 12 heavy (non-hydrogen) atoms. The molecule has 1 aromatic rings. The van der Waals surface area contributed by atoms with E-state index in [4.69, 9.17) is 0 Å². The van der Waals surface area contributed by atoms with Gasteiger partial charge < -0.3 is 10.4 Å². The van der Waals surface area contributed by atoms with Crippen molar-refractivity contribution in [2.45, 2.75) is 19.5 Å². The second-order valence-electron chi connectivity index (χ2n) is 2.72. The van der Waals surface area contributed by atoms with Crippen molar-refractivity contribution in [3.8, 4) is 0 Å². The third-order valence-electron chi connectivity index (χ3n) is 1.89. The Hall–Kier alpha value is -1.03. The molecule has 0 aromatic carbocycles. The van der Waals surface area contributed by atoms with Crippen molar-refractivity contribution in [2.75, 3.05) is 5.32 Å². The molecule has 1 aliphatic rings. The van der Waals surface area contributed by atoms with Gasteiger partial charge in [-0.15, -0.1) is 11.3 Å². The number of rotatable bonds is 1. The minimum atomic E-state index is 0.0344. The molecule has 0 aliphatic carbocycles. The van der Waals surface area contributed by atoms with Gasteiger partial charge in [0.05, 0.1) is 11.3 Å². The van der Waals surface area contributed by atoms with Crippen molar-refractivity contribution in [2.24, 2.45) is 4.99 Å². The van der Waals surface area contributed by atoms with Gasteiger partial charge in [0.25, 0.3) is 0 Å². The normalized spacial score (nSPS) is 21.1. The lowest BCUT2D eigenvalue weighted by Crippen LogP contribution is -2.23. The lowest BCUT2D eigenvalue weighted by Gasteiger charge is -2.19. The fraction of sp³-hybridized carbons (Fsp3) is 0.375. The molecule has 2 heterocycles. The number of aliphatic hydroxyl groups excluding tert-OH is 1. The first-order valence-electron chi connectivity index (χ1n) is 3.91. The average Bonchev–Trinajstić information content (AvgIpc) is 2.52. The Morgan fingerprint density at radius 1 is 1.67 bits per heavy atom. The number of hydrogen-bond acceptors (Lipinski definition) is 3. The van der Waals surface area contributed by atoms with E-state index in [0.29, 0.717) is 0 Å². The van der Waals surface area contributed by atoms with Crippen molar-refractivity contribution in [1.29, 1.82) is 0 Å². The molecule has 0 spiro atoms. The van der Waals surface area contributed by atoms with Crippen LogP contribution in [0.25, 0.3) is 0 Å². The van der Waals surface area contributed by atoms with E-state index in [1.807, 2.05) is 17.7 Å². The summed E-state index contributed by atoms with van der Waals surface area (Å²) in [4.78, 5) is 4.08. The standard InChI is InChI=1S/C8H10N2OS/c1-2-7-9-6-4-12-3-5(6)8(11)10-7/h3-4,7,9H,2H2,1H3,(H,10,11). The van der Waals surface area contributed by atoms with Gasteiger partial charge in [0, 0.05) is 10.8 Å². The van der Waals surface area contributed by atoms with Crippen molar-refractivity contribution in [3.05, 3.63) is 16.3 Å². The first-order chi connectivity index (χ1) is 5.81. The molecule has 0 saturated carbocycles. The van der Waals surface area contributed by atoms with Gasteiger partial charge in [-0.1, -0.05) is 6.92 Å². The van der Waals surface area contributed by atoms with Crippen LogP contribution in [0.3, 0.4) is 0 Å². The maximum absolute atomic E-state index is 9.47. The van der Waals surface area contributed by atoms with E-state index in [9.17, 15) is 5.11 Å². The van der Waals surface area contributed by atoms with Crippen molar-refractivity contribution in [3.63, 3.8) is 0 Å². The molecule has 0 bridgehead atoms. The summed E-state index contributed by atoms with van der Waals surface area (Å²) in [6.07, 6.45) is 0.923. The second kappa shape index (κ2) is 2.79. The van der Waals surface area contributed by atoms with Gasteiger partial charge in [-0.25, -0.2) is 4.99 Å². The van der Waals surface area contributed by atoms with E-state index >= 15 is 0 Å². The number of hydrogen-bond donors (Lipinski definition) is 2. The van der Waals surface area contributed by atoms with Gasteiger partial charge in [-0.2, -0.15) is 0 Å². The van der Waals surface area contributed by atoms with Gasteiger partial charge in [0.15, 0.2) is 0 Å². The van der Waals surface area contributed by atoms with E-state index in [-0.39, 0.29) is 12.1 Å². The van der Waals surface area contributed by atoms with Crippen LogP contribution in [0.15, 0.2) is 15.8 Å². The molecule has 3 nitrogen and oxygen atoms in total. The summed E-state index contributed by atoms with van der Waals surface area (Å²) < 4.78 is 0. The Bertz CT molecular complexity index is 319. The third-order valence-corrected chi connectivity index (χ3v) is 2.63. The topological polar surface area (TPSA) is 44.6 Å². The summed E-state index contributed by atoms with van der Waals surface area (Å²) in [7, 11) is 0. The maximum atomic E-state index is 9.47. The third kappa shape index (κ3) is 1.08. The van der Waals surface area contributed by atoms with Gasteiger partial charge in [0.1, 0.15) is 6.17 Å². The highest BCUT2D eigenvalue weighted by molar-refractivity contribution is 7.08. The number of nitrogens with one attached hydrogen (secondary N) is 1. The van der Waals surface area contributed by atoms with Gasteiger partial charge in [0.2, 0.25) is 5.90 Å². The number of nitrogens with zero attached hydrogens (tertiary/aromatic N) is 1. The number of aliphatic imine (C=N–C) groups is 1. The molecule has 2 N–H and O–H groups in total. The van der Waals surface area contributed by atoms with Gasteiger partial charge in [-0.3, -0.25) is 0 Å². The quantitative estimate of drug-likeness (QED) is 0.699. The fourth-order valence-electron chi connectivity index (χ4n) is 1.20. The van der Waals surface area contributed by atoms with Crippen LogP contribution in [0.2, 0.25) is 0 Å². The number of anilines is 1. The van der Waals surface area contributed by atoms with Crippen LogP contribution in [0.5, 0.6) is 0 Å². The van der Waals surface area contributed by atoms with Gasteiger partial charge >= 0.3 is 0 Å². The molecule has 2 rings (SSSR count). The summed E-state index contributed by atoms with van der Waals surface area (Å²) in [6.45, 7) is 2.03. The molecule has 0 fully saturated rings. The Labute approximate surface area is 74.8 Å². The largest absolute Gasteiger partial charge is 0.493 e. The second-order valence-corrected chi connectivity index (χ2v) is 3.46. The van der Waals surface area contributed by atoms with Crippen LogP contribution in [0.4, 0.5) is 5.69 Å². The summed E-state index contributed by atoms with van der Waals surface area (Å²) in [5, 5.41) is 16.6. The number of fused-ring (bicyclic) bond motifs is 1. The highest BCUT2D eigenvalue weighted by Gasteiger charge is 2.18. The van der Waals surface area contributed by atoms with Crippen LogP contribution in [0.1, 0.15) is 18.9 Å². The molecule has 0 saturated heterocycles. The smallest absolute Gasteiger partial charge is 0.218 e. The SMILES string of the molecule is CCC1N=C(O)c2cscc2N1. The summed E-state index contributed by atoms with van der Waals surface area (Å²) >= 11 is 1.57. The molecule has 64 valence electrons. The van der Waals surface area contributed by atoms with Crippen molar-refractivity contribution < 1.29 is 5.11 Å². The van der Waals surface area contributed by atoms with E-state index in [1.165, 1.54) is 0 Å². The molecule has 4 heteroatoms. The predicted octanol–water partition coefficient (Wildman–Crippen LogP) is 2.21. The summed E-state index contributed by atoms with van der Waals surface area (Å²) in [5.41, 5.74) is 1.82. The lowest BCUT2D eigenvalue weighted by atomic mass is 10.2. The van der Waals surface area contributed by atoms with Crippen molar-refractivity contribution >= 4 is 22.9 Å². The Kier molecular flexibility index (Phi) is 1.77. The number of thiophene rings is 1. The Morgan fingerprint density at radius 2 is 2.50 bits per heavy atom. The molecule has 1 atom stereocenters. The van der Waals surface area contributed by atoms with E-state index in [0.717, 1.165) is 17.7 Å². The van der Waals surface area contributed by atoms with E-state index in [1.54, 1.807) is 11.3 Å². The highest BCUT2D eigenvalue weighted by Crippen LogP contribution is 2.26. The Balaban J connectivity index is 2.38. The maximum Gasteiger partial charge on any atom is 0.218 e. The molecular formula is C8H10N2OS. The lowest BCUT2D eigenvalue weighted by molar-refractivity contribution is 0.536. The monoisotopic (exact) mass is 182 g/mol. The van der Waals surface area contributed by atoms with Crippen LogP contribution in [-0.2, 0) is 0 Å². The number of aliphatic hydroxyl groups is 1. The van der Waals surface area contributed by atoms with Crippen LogP contribution < -0.4 is 5.32 Å².